The number of para-hydroxylation sites is 1. The summed E-state index contributed by atoms with van der Waals surface area (Å²) in [5.74, 6) is -0.567. The molecule has 0 aromatic heterocycles. The minimum atomic E-state index is -0.935. The molecule has 0 aliphatic heterocycles. The molecule has 0 atom stereocenters. The van der Waals surface area contributed by atoms with Crippen LogP contribution in [-0.4, -0.2) is 16.2 Å². The largest absolute Gasteiger partial charge is 0.508 e. The summed E-state index contributed by atoms with van der Waals surface area (Å²) in [6.45, 7) is 6.47. The zero-order chi connectivity index (χ0) is 11.1. The van der Waals surface area contributed by atoms with E-state index in [9.17, 15) is 4.79 Å². The third-order valence-electron chi connectivity index (χ3n) is 1.48. The molecule has 1 rings (SSSR count). The maximum absolute atomic E-state index is 9.60. The standard InChI is InChI=1S/C7H8O.C4H6O2/c1-6-4-2-3-5-7(6)8;1-3(2)4(5)6/h2-5,8H,1H3;1H2,2H3,(H,5,6). The van der Waals surface area contributed by atoms with Crippen LogP contribution in [0.2, 0.25) is 0 Å². The van der Waals surface area contributed by atoms with Gasteiger partial charge in [0.1, 0.15) is 5.75 Å². The van der Waals surface area contributed by atoms with Crippen molar-refractivity contribution in [2.24, 2.45) is 0 Å². The molecule has 0 aliphatic carbocycles. The second-order valence-corrected chi connectivity index (χ2v) is 2.87. The van der Waals surface area contributed by atoms with Crippen LogP contribution >= 0.6 is 0 Å². The third-order valence-corrected chi connectivity index (χ3v) is 1.48. The fourth-order valence-electron chi connectivity index (χ4n) is 0.563. The van der Waals surface area contributed by atoms with Crippen molar-refractivity contribution in [2.75, 3.05) is 0 Å². The van der Waals surface area contributed by atoms with Gasteiger partial charge in [0.25, 0.3) is 0 Å². The number of carboxylic acids is 1. The van der Waals surface area contributed by atoms with Gasteiger partial charge in [-0.1, -0.05) is 24.8 Å². The number of hydrogen-bond donors (Lipinski definition) is 2. The van der Waals surface area contributed by atoms with Gasteiger partial charge in [0, 0.05) is 5.57 Å². The molecule has 0 radical (unpaired) electrons. The number of rotatable bonds is 1. The Kier molecular flexibility index (Phi) is 5.07. The van der Waals surface area contributed by atoms with Gasteiger partial charge in [-0.15, -0.1) is 0 Å². The molecular formula is C11H14O3. The van der Waals surface area contributed by atoms with Crippen LogP contribution in [0.25, 0.3) is 0 Å². The smallest absolute Gasteiger partial charge is 0.330 e. The van der Waals surface area contributed by atoms with E-state index in [1.165, 1.54) is 6.92 Å². The maximum Gasteiger partial charge on any atom is 0.330 e. The van der Waals surface area contributed by atoms with Gasteiger partial charge in [-0.05, 0) is 25.5 Å². The predicted octanol–water partition coefficient (Wildman–Crippen LogP) is 2.35. The molecule has 1 aromatic rings. The molecule has 0 amide bonds. The highest BCUT2D eigenvalue weighted by atomic mass is 16.4. The Morgan fingerprint density at radius 3 is 2.00 bits per heavy atom. The monoisotopic (exact) mass is 194 g/mol. The number of aromatic hydroxyl groups is 1. The number of phenolic OH excluding ortho intramolecular Hbond substituents is 1. The molecule has 0 heterocycles. The van der Waals surface area contributed by atoms with Gasteiger partial charge < -0.3 is 10.2 Å². The Morgan fingerprint density at radius 1 is 1.36 bits per heavy atom. The first-order valence-corrected chi connectivity index (χ1v) is 4.08. The molecule has 0 saturated carbocycles. The Morgan fingerprint density at radius 2 is 1.79 bits per heavy atom. The number of aliphatic carboxylic acids is 1. The zero-order valence-corrected chi connectivity index (χ0v) is 8.32. The van der Waals surface area contributed by atoms with Crippen molar-refractivity contribution < 1.29 is 15.0 Å². The van der Waals surface area contributed by atoms with E-state index in [1.54, 1.807) is 6.07 Å². The van der Waals surface area contributed by atoms with E-state index in [4.69, 9.17) is 10.2 Å². The van der Waals surface area contributed by atoms with Crippen LogP contribution in [0.15, 0.2) is 36.4 Å². The van der Waals surface area contributed by atoms with Crippen LogP contribution in [-0.2, 0) is 4.79 Å². The molecule has 76 valence electrons. The summed E-state index contributed by atoms with van der Waals surface area (Å²) in [4.78, 5) is 9.60. The van der Waals surface area contributed by atoms with Gasteiger partial charge in [-0.2, -0.15) is 0 Å². The molecule has 0 aliphatic rings. The summed E-state index contributed by atoms with van der Waals surface area (Å²) in [5.41, 5.74) is 1.10. The van der Waals surface area contributed by atoms with Crippen molar-refractivity contribution in [3.63, 3.8) is 0 Å². The van der Waals surface area contributed by atoms with Crippen LogP contribution < -0.4 is 0 Å². The lowest BCUT2D eigenvalue weighted by molar-refractivity contribution is -0.132. The molecular weight excluding hydrogens is 180 g/mol. The molecule has 3 nitrogen and oxygen atoms in total. The highest BCUT2D eigenvalue weighted by molar-refractivity contribution is 5.84. The molecule has 14 heavy (non-hydrogen) atoms. The molecule has 1 aromatic carbocycles. The topological polar surface area (TPSA) is 57.5 Å². The molecule has 0 fully saturated rings. The zero-order valence-electron chi connectivity index (χ0n) is 8.32. The van der Waals surface area contributed by atoms with Crippen molar-refractivity contribution in [2.45, 2.75) is 13.8 Å². The number of hydrogen-bond acceptors (Lipinski definition) is 2. The fraction of sp³-hybridized carbons (Fsp3) is 0.182. The van der Waals surface area contributed by atoms with Crippen molar-refractivity contribution in [1.29, 1.82) is 0 Å². The van der Waals surface area contributed by atoms with Crippen molar-refractivity contribution in [3.05, 3.63) is 42.0 Å². The van der Waals surface area contributed by atoms with Gasteiger partial charge >= 0.3 is 5.97 Å². The number of phenols is 1. The average molecular weight is 194 g/mol. The van der Waals surface area contributed by atoms with Crippen LogP contribution in [0.5, 0.6) is 5.75 Å². The Labute approximate surface area is 83.3 Å². The second-order valence-electron chi connectivity index (χ2n) is 2.87. The summed E-state index contributed by atoms with van der Waals surface area (Å²) in [7, 11) is 0. The number of benzene rings is 1. The van der Waals surface area contributed by atoms with E-state index in [2.05, 4.69) is 6.58 Å². The number of carbonyl (C=O) groups is 1. The van der Waals surface area contributed by atoms with E-state index in [0.29, 0.717) is 5.75 Å². The molecule has 2 N–H and O–H groups in total. The summed E-state index contributed by atoms with van der Waals surface area (Å²) >= 11 is 0. The third kappa shape index (κ3) is 4.98. The Bertz CT molecular complexity index is 296. The number of carboxylic acid groups (broad SMARTS) is 1. The lowest BCUT2D eigenvalue weighted by Gasteiger charge is -1.92. The van der Waals surface area contributed by atoms with E-state index in [0.717, 1.165) is 5.56 Å². The molecule has 0 spiro atoms. The van der Waals surface area contributed by atoms with Gasteiger partial charge in [-0.25, -0.2) is 4.79 Å². The van der Waals surface area contributed by atoms with Crippen LogP contribution in [0.3, 0.4) is 0 Å². The molecule has 0 saturated heterocycles. The lowest BCUT2D eigenvalue weighted by atomic mass is 10.2. The van der Waals surface area contributed by atoms with E-state index < -0.39 is 5.97 Å². The van der Waals surface area contributed by atoms with Crippen molar-refractivity contribution in [3.8, 4) is 5.75 Å². The van der Waals surface area contributed by atoms with Gasteiger partial charge in [0.2, 0.25) is 0 Å². The first-order chi connectivity index (χ1) is 6.45. The highest BCUT2D eigenvalue weighted by Crippen LogP contribution is 2.12. The lowest BCUT2D eigenvalue weighted by Crippen LogP contribution is -1.92. The van der Waals surface area contributed by atoms with Gasteiger partial charge in [0.05, 0.1) is 0 Å². The molecule has 0 bridgehead atoms. The highest BCUT2D eigenvalue weighted by Gasteiger charge is 1.90. The number of aryl methyl sites for hydroxylation is 1. The molecule has 3 heteroatoms. The molecule has 0 unspecified atom stereocenters. The first kappa shape index (κ1) is 12.2. The summed E-state index contributed by atoms with van der Waals surface area (Å²) < 4.78 is 0. The normalized spacial score (nSPS) is 8.43. The second kappa shape index (κ2) is 5.80. The van der Waals surface area contributed by atoms with Crippen LogP contribution in [0, 0.1) is 6.92 Å². The van der Waals surface area contributed by atoms with E-state index in [-0.39, 0.29) is 5.57 Å². The Hall–Kier alpha value is -1.77. The first-order valence-electron chi connectivity index (χ1n) is 4.08. The predicted molar refractivity (Wildman–Crippen MR) is 55.3 cm³/mol. The quantitative estimate of drug-likeness (QED) is 0.674. The summed E-state index contributed by atoms with van der Waals surface area (Å²) in [5, 5.41) is 16.8. The minimum Gasteiger partial charge on any atom is -0.508 e. The summed E-state index contributed by atoms with van der Waals surface area (Å²) in [6, 6.07) is 7.25. The fourth-order valence-corrected chi connectivity index (χ4v) is 0.563. The van der Waals surface area contributed by atoms with E-state index >= 15 is 0 Å². The SMILES string of the molecule is C=C(C)C(=O)O.Cc1ccccc1O. The minimum absolute atomic E-state index is 0.176. The average Bonchev–Trinajstić information content (AvgIpc) is 2.11. The van der Waals surface area contributed by atoms with Crippen LogP contribution in [0.4, 0.5) is 0 Å². The van der Waals surface area contributed by atoms with Crippen LogP contribution in [0.1, 0.15) is 12.5 Å². The summed E-state index contributed by atoms with van der Waals surface area (Å²) in [6.07, 6.45) is 0. The van der Waals surface area contributed by atoms with Gasteiger partial charge in [0.15, 0.2) is 0 Å². The van der Waals surface area contributed by atoms with Gasteiger partial charge in [-0.3, -0.25) is 0 Å². The van der Waals surface area contributed by atoms with E-state index in [1.807, 2.05) is 25.1 Å². The van der Waals surface area contributed by atoms with Crippen molar-refractivity contribution >= 4 is 5.97 Å². The van der Waals surface area contributed by atoms with Crippen molar-refractivity contribution in [1.82, 2.24) is 0 Å². The Balaban J connectivity index is 0.000000255. The maximum atomic E-state index is 9.60.